The first-order chi connectivity index (χ1) is 11.7. The van der Waals surface area contributed by atoms with Crippen molar-refractivity contribution in [2.45, 2.75) is 13.8 Å². The summed E-state index contributed by atoms with van der Waals surface area (Å²) < 4.78 is 5.13. The standard InChI is InChI=1S/C16H15N5O2S/c1-3-23-14(22)13-12(11-7-4-6-10(2)19-11)20-16(24-13)21-15-17-8-5-9-18-15/h4-9H,3H2,1-2H3,(H,17,18,20,21). The number of carbonyl (C=O) groups excluding carboxylic acids is 1. The van der Waals surface area contributed by atoms with Crippen LogP contribution in [0.3, 0.4) is 0 Å². The van der Waals surface area contributed by atoms with Gasteiger partial charge in [-0.25, -0.2) is 19.7 Å². The van der Waals surface area contributed by atoms with E-state index in [1.54, 1.807) is 25.4 Å². The normalized spacial score (nSPS) is 10.4. The Morgan fingerprint density at radius 2 is 2.00 bits per heavy atom. The highest BCUT2D eigenvalue weighted by molar-refractivity contribution is 7.18. The molecule has 0 aliphatic carbocycles. The summed E-state index contributed by atoms with van der Waals surface area (Å²) in [5, 5.41) is 3.50. The van der Waals surface area contributed by atoms with E-state index in [1.165, 1.54) is 11.3 Å². The molecule has 3 heterocycles. The molecule has 3 aromatic rings. The van der Waals surface area contributed by atoms with Crippen molar-refractivity contribution >= 4 is 28.4 Å². The molecular weight excluding hydrogens is 326 g/mol. The number of pyridine rings is 1. The van der Waals surface area contributed by atoms with Crippen LogP contribution in [0.4, 0.5) is 11.1 Å². The Morgan fingerprint density at radius 1 is 1.21 bits per heavy atom. The zero-order valence-corrected chi connectivity index (χ0v) is 14.0. The van der Waals surface area contributed by atoms with Crippen LogP contribution in [0.15, 0.2) is 36.7 Å². The third-order valence-electron chi connectivity index (χ3n) is 3.00. The summed E-state index contributed by atoms with van der Waals surface area (Å²) in [6, 6.07) is 7.29. The SMILES string of the molecule is CCOC(=O)c1sc(Nc2ncccn2)nc1-c1cccc(C)n1. The molecule has 0 fully saturated rings. The Morgan fingerprint density at radius 3 is 2.71 bits per heavy atom. The molecule has 0 bridgehead atoms. The smallest absolute Gasteiger partial charge is 0.350 e. The van der Waals surface area contributed by atoms with Crippen LogP contribution in [0.25, 0.3) is 11.4 Å². The molecule has 0 spiro atoms. The van der Waals surface area contributed by atoms with E-state index in [0.29, 0.717) is 34.0 Å². The lowest BCUT2D eigenvalue weighted by Gasteiger charge is -2.02. The molecule has 3 rings (SSSR count). The van der Waals surface area contributed by atoms with Gasteiger partial charge in [0.1, 0.15) is 10.6 Å². The van der Waals surface area contributed by atoms with Gasteiger partial charge in [0, 0.05) is 18.1 Å². The van der Waals surface area contributed by atoms with E-state index in [4.69, 9.17) is 4.74 Å². The lowest BCUT2D eigenvalue weighted by molar-refractivity contribution is 0.0532. The molecule has 24 heavy (non-hydrogen) atoms. The number of carbonyl (C=O) groups is 1. The van der Waals surface area contributed by atoms with Crippen LogP contribution in [-0.4, -0.2) is 32.5 Å². The topological polar surface area (TPSA) is 89.9 Å². The fourth-order valence-electron chi connectivity index (χ4n) is 2.02. The number of hydrogen-bond acceptors (Lipinski definition) is 8. The van der Waals surface area contributed by atoms with E-state index in [2.05, 4.69) is 25.3 Å². The minimum Gasteiger partial charge on any atom is -0.462 e. The van der Waals surface area contributed by atoms with Gasteiger partial charge in [-0.05, 0) is 32.0 Å². The molecule has 0 unspecified atom stereocenters. The van der Waals surface area contributed by atoms with Gasteiger partial charge in [-0.15, -0.1) is 0 Å². The highest BCUT2D eigenvalue weighted by atomic mass is 32.1. The second kappa shape index (κ2) is 7.14. The highest BCUT2D eigenvalue weighted by Gasteiger charge is 2.22. The quantitative estimate of drug-likeness (QED) is 0.713. The van der Waals surface area contributed by atoms with Crippen molar-refractivity contribution in [3.05, 3.63) is 47.2 Å². The highest BCUT2D eigenvalue weighted by Crippen LogP contribution is 2.32. The summed E-state index contributed by atoms with van der Waals surface area (Å²) in [6.07, 6.45) is 3.25. The molecule has 0 aliphatic rings. The Bertz CT molecular complexity index is 851. The summed E-state index contributed by atoms with van der Waals surface area (Å²) in [4.78, 5) is 29.8. The number of hydrogen-bond donors (Lipinski definition) is 1. The maximum atomic E-state index is 12.3. The maximum absolute atomic E-state index is 12.3. The lowest BCUT2D eigenvalue weighted by Crippen LogP contribution is -2.04. The summed E-state index contributed by atoms with van der Waals surface area (Å²) in [6.45, 7) is 3.94. The van der Waals surface area contributed by atoms with E-state index in [9.17, 15) is 4.79 Å². The summed E-state index contributed by atoms with van der Waals surface area (Å²) in [5.41, 5.74) is 1.95. The number of nitrogens with zero attached hydrogens (tertiary/aromatic N) is 4. The van der Waals surface area contributed by atoms with E-state index >= 15 is 0 Å². The van der Waals surface area contributed by atoms with Crippen LogP contribution in [0.1, 0.15) is 22.3 Å². The largest absolute Gasteiger partial charge is 0.462 e. The average Bonchev–Trinajstić information content (AvgIpc) is 3.00. The summed E-state index contributed by atoms with van der Waals surface area (Å²) >= 11 is 1.19. The summed E-state index contributed by atoms with van der Waals surface area (Å²) in [5.74, 6) is -0.0132. The third-order valence-corrected chi connectivity index (χ3v) is 3.95. The van der Waals surface area contributed by atoms with Gasteiger partial charge in [-0.2, -0.15) is 0 Å². The zero-order valence-electron chi connectivity index (χ0n) is 13.2. The Kier molecular flexibility index (Phi) is 4.76. The van der Waals surface area contributed by atoms with Crippen LogP contribution in [0, 0.1) is 6.92 Å². The van der Waals surface area contributed by atoms with E-state index < -0.39 is 5.97 Å². The number of thiazole rings is 1. The van der Waals surface area contributed by atoms with Crippen molar-refractivity contribution in [3.8, 4) is 11.4 Å². The first-order valence-corrected chi connectivity index (χ1v) is 8.15. The molecule has 1 N–H and O–H groups in total. The molecule has 0 atom stereocenters. The monoisotopic (exact) mass is 341 g/mol. The maximum Gasteiger partial charge on any atom is 0.350 e. The second-order valence-corrected chi connectivity index (χ2v) is 5.78. The van der Waals surface area contributed by atoms with Gasteiger partial charge < -0.3 is 10.1 Å². The molecule has 0 saturated heterocycles. The number of nitrogens with one attached hydrogen (secondary N) is 1. The minimum atomic E-state index is -0.421. The van der Waals surface area contributed by atoms with Crippen LogP contribution in [0.2, 0.25) is 0 Å². The van der Waals surface area contributed by atoms with Crippen molar-refractivity contribution in [1.82, 2.24) is 19.9 Å². The number of esters is 1. The summed E-state index contributed by atoms with van der Waals surface area (Å²) in [7, 11) is 0. The molecule has 0 aromatic carbocycles. The predicted octanol–water partition coefficient (Wildman–Crippen LogP) is 3.22. The minimum absolute atomic E-state index is 0.294. The van der Waals surface area contributed by atoms with Crippen molar-refractivity contribution in [2.24, 2.45) is 0 Å². The van der Waals surface area contributed by atoms with Gasteiger partial charge in [0.2, 0.25) is 5.95 Å². The third kappa shape index (κ3) is 3.54. The Labute approximate surface area is 142 Å². The first kappa shape index (κ1) is 16.0. The van der Waals surface area contributed by atoms with Crippen molar-refractivity contribution < 1.29 is 9.53 Å². The zero-order chi connectivity index (χ0) is 16.9. The fraction of sp³-hybridized carbons (Fsp3) is 0.188. The number of aryl methyl sites for hydroxylation is 1. The van der Waals surface area contributed by atoms with E-state index in [1.807, 2.05) is 25.1 Å². The van der Waals surface area contributed by atoms with Crippen LogP contribution < -0.4 is 5.32 Å². The number of aromatic nitrogens is 4. The number of rotatable bonds is 5. The van der Waals surface area contributed by atoms with Gasteiger partial charge in [-0.1, -0.05) is 17.4 Å². The van der Waals surface area contributed by atoms with E-state index in [0.717, 1.165) is 5.69 Å². The van der Waals surface area contributed by atoms with Gasteiger partial charge in [0.05, 0.1) is 12.3 Å². The number of ether oxygens (including phenoxy) is 1. The molecule has 122 valence electrons. The molecule has 0 radical (unpaired) electrons. The Hall–Kier alpha value is -2.87. The molecule has 0 saturated carbocycles. The molecule has 0 amide bonds. The van der Waals surface area contributed by atoms with Gasteiger partial charge in [-0.3, -0.25) is 4.98 Å². The molecule has 8 heteroatoms. The molecule has 0 aliphatic heterocycles. The average molecular weight is 341 g/mol. The Balaban J connectivity index is 2.00. The molecular formula is C16H15N5O2S. The van der Waals surface area contributed by atoms with Crippen molar-refractivity contribution in [1.29, 1.82) is 0 Å². The van der Waals surface area contributed by atoms with Gasteiger partial charge in [0.25, 0.3) is 0 Å². The molecule has 7 nitrogen and oxygen atoms in total. The van der Waals surface area contributed by atoms with Crippen LogP contribution >= 0.6 is 11.3 Å². The molecule has 3 aromatic heterocycles. The van der Waals surface area contributed by atoms with Crippen LogP contribution in [0.5, 0.6) is 0 Å². The predicted molar refractivity (Wildman–Crippen MR) is 91.4 cm³/mol. The van der Waals surface area contributed by atoms with Crippen LogP contribution in [-0.2, 0) is 4.74 Å². The lowest BCUT2D eigenvalue weighted by atomic mass is 10.2. The van der Waals surface area contributed by atoms with Gasteiger partial charge >= 0.3 is 5.97 Å². The fourth-order valence-corrected chi connectivity index (χ4v) is 2.88. The number of anilines is 2. The second-order valence-electron chi connectivity index (χ2n) is 4.78. The van der Waals surface area contributed by atoms with Crippen molar-refractivity contribution in [2.75, 3.05) is 11.9 Å². The van der Waals surface area contributed by atoms with Crippen molar-refractivity contribution in [3.63, 3.8) is 0 Å². The van der Waals surface area contributed by atoms with E-state index in [-0.39, 0.29) is 0 Å². The first-order valence-electron chi connectivity index (χ1n) is 7.33. The van der Waals surface area contributed by atoms with Gasteiger partial charge in [0.15, 0.2) is 5.13 Å².